The minimum Gasteiger partial charge on any atom is -0.347 e. The molecule has 1 aliphatic carbocycles. The molecule has 1 heterocycles. The fourth-order valence-electron chi connectivity index (χ4n) is 2.55. The van der Waals surface area contributed by atoms with Gasteiger partial charge in [0, 0.05) is 6.04 Å². The molecule has 1 saturated carbocycles. The highest BCUT2D eigenvalue weighted by Crippen LogP contribution is 2.28. The van der Waals surface area contributed by atoms with Gasteiger partial charge in [0.05, 0.1) is 0 Å². The van der Waals surface area contributed by atoms with E-state index in [1.807, 2.05) is 0 Å². The first-order valence-electron chi connectivity index (χ1n) is 6.49. The number of hydrogen-bond acceptors (Lipinski definition) is 4. The number of carbonyl (C=O) groups is 1. The Kier molecular flexibility index (Phi) is 4.95. The second-order valence-electron chi connectivity index (χ2n) is 4.84. The van der Waals surface area contributed by atoms with Gasteiger partial charge in [0.2, 0.25) is 9.47 Å². The Balaban J connectivity index is 1.79. The lowest BCUT2D eigenvalue weighted by Gasteiger charge is -2.28. The Morgan fingerprint density at radius 2 is 2.11 bits per heavy atom. The van der Waals surface area contributed by atoms with Gasteiger partial charge in [-0.3, -0.25) is 4.79 Å². The molecule has 0 spiro atoms. The van der Waals surface area contributed by atoms with E-state index in [2.05, 4.69) is 22.4 Å². The third kappa shape index (κ3) is 3.65. The van der Waals surface area contributed by atoms with Crippen LogP contribution >= 0.6 is 22.9 Å². The Morgan fingerprint density at radius 3 is 2.67 bits per heavy atom. The van der Waals surface area contributed by atoms with Gasteiger partial charge in [-0.05, 0) is 43.2 Å². The lowest BCUT2D eigenvalue weighted by Crippen LogP contribution is -2.37. The molecule has 4 nitrogen and oxygen atoms in total. The van der Waals surface area contributed by atoms with Crippen LogP contribution in [0.5, 0.6) is 0 Å². The van der Waals surface area contributed by atoms with Crippen molar-refractivity contribution in [2.24, 2.45) is 5.92 Å². The van der Waals surface area contributed by atoms with Crippen molar-refractivity contribution in [2.45, 2.75) is 51.5 Å². The quantitative estimate of drug-likeness (QED) is 0.924. The summed E-state index contributed by atoms with van der Waals surface area (Å²) < 4.78 is 0.312. The van der Waals surface area contributed by atoms with Crippen molar-refractivity contribution in [3.63, 3.8) is 0 Å². The SMILES string of the molecule is CCCC1CCC(NC(=O)c2nnc(Cl)s2)CC1. The van der Waals surface area contributed by atoms with Crippen molar-refractivity contribution in [1.29, 1.82) is 0 Å². The molecule has 0 atom stereocenters. The van der Waals surface area contributed by atoms with Crippen molar-refractivity contribution < 1.29 is 4.79 Å². The van der Waals surface area contributed by atoms with E-state index in [-0.39, 0.29) is 11.9 Å². The van der Waals surface area contributed by atoms with E-state index in [9.17, 15) is 4.79 Å². The van der Waals surface area contributed by atoms with E-state index in [1.165, 1.54) is 25.7 Å². The molecule has 1 amide bonds. The van der Waals surface area contributed by atoms with Crippen LogP contribution in [0.3, 0.4) is 0 Å². The Labute approximate surface area is 116 Å². The number of halogens is 1. The van der Waals surface area contributed by atoms with E-state index in [0.717, 1.165) is 30.1 Å². The van der Waals surface area contributed by atoms with Crippen LogP contribution in [-0.2, 0) is 0 Å². The molecule has 0 radical (unpaired) electrons. The molecule has 0 saturated heterocycles. The van der Waals surface area contributed by atoms with Gasteiger partial charge < -0.3 is 5.32 Å². The molecule has 2 rings (SSSR count). The first-order valence-corrected chi connectivity index (χ1v) is 7.68. The minimum absolute atomic E-state index is 0.140. The Bertz CT molecular complexity index is 402. The number of aromatic nitrogens is 2. The first kappa shape index (κ1) is 13.7. The van der Waals surface area contributed by atoms with E-state index in [0.29, 0.717) is 9.47 Å². The summed E-state index contributed by atoms with van der Waals surface area (Å²) in [5.74, 6) is 0.706. The predicted molar refractivity (Wildman–Crippen MR) is 73.0 cm³/mol. The molecule has 0 aliphatic heterocycles. The zero-order chi connectivity index (χ0) is 13.0. The number of nitrogens with one attached hydrogen (secondary N) is 1. The zero-order valence-electron chi connectivity index (χ0n) is 10.5. The lowest BCUT2D eigenvalue weighted by atomic mass is 9.83. The summed E-state index contributed by atoms with van der Waals surface area (Å²) in [6.07, 6.45) is 7.15. The summed E-state index contributed by atoms with van der Waals surface area (Å²) >= 11 is 6.79. The Morgan fingerprint density at radius 1 is 1.39 bits per heavy atom. The van der Waals surface area contributed by atoms with Crippen molar-refractivity contribution >= 4 is 28.8 Å². The van der Waals surface area contributed by atoms with Gasteiger partial charge in [0.1, 0.15) is 0 Å². The average molecular weight is 288 g/mol. The molecule has 1 aromatic heterocycles. The number of carbonyl (C=O) groups excluding carboxylic acids is 1. The molecule has 100 valence electrons. The fourth-order valence-corrected chi connectivity index (χ4v) is 3.28. The third-order valence-electron chi connectivity index (χ3n) is 3.47. The van der Waals surface area contributed by atoms with Crippen LogP contribution in [-0.4, -0.2) is 22.1 Å². The molecule has 0 unspecified atom stereocenters. The van der Waals surface area contributed by atoms with Crippen LogP contribution in [0.2, 0.25) is 4.47 Å². The molecule has 0 aromatic carbocycles. The molecular formula is C12H18ClN3OS. The summed E-state index contributed by atoms with van der Waals surface area (Å²) in [4.78, 5) is 11.9. The Hall–Kier alpha value is -0.680. The van der Waals surface area contributed by atoms with Crippen molar-refractivity contribution in [1.82, 2.24) is 15.5 Å². The van der Waals surface area contributed by atoms with Gasteiger partial charge in [0.25, 0.3) is 5.91 Å². The molecule has 1 aliphatic rings. The third-order valence-corrected chi connectivity index (χ3v) is 4.49. The summed E-state index contributed by atoms with van der Waals surface area (Å²) in [5, 5.41) is 10.8. The first-order chi connectivity index (χ1) is 8.69. The smallest absolute Gasteiger partial charge is 0.282 e. The number of rotatable bonds is 4. The van der Waals surface area contributed by atoms with Crippen molar-refractivity contribution in [3.05, 3.63) is 9.47 Å². The van der Waals surface area contributed by atoms with Crippen LogP contribution in [0.1, 0.15) is 55.3 Å². The van der Waals surface area contributed by atoms with Crippen LogP contribution in [0.25, 0.3) is 0 Å². The molecule has 0 bridgehead atoms. The number of hydrogen-bond donors (Lipinski definition) is 1. The normalized spacial score (nSPS) is 23.9. The molecule has 6 heteroatoms. The van der Waals surface area contributed by atoms with Crippen LogP contribution in [0.15, 0.2) is 0 Å². The number of nitrogens with zero attached hydrogens (tertiary/aromatic N) is 2. The highest BCUT2D eigenvalue weighted by Gasteiger charge is 2.23. The maximum Gasteiger partial charge on any atom is 0.282 e. The summed E-state index contributed by atoms with van der Waals surface area (Å²) in [6, 6.07) is 0.285. The van der Waals surface area contributed by atoms with Gasteiger partial charge in [0.15, 0.2) is 0 Å². The van der Waals surface area contributed by atoms with Gasteiger partial charge >= 0.3 is 0 Å². The fraction of sp³-hybridized carbons (Fsp3) is 0.750. The van der Waals surface area contributed by atoms with Crippen LogP contribution in [0, 0.1) is 5.92 Å². The molecule has 1 N–H and O–H groups in total. The summed E-state index contributed by atoms with van der Waals surface area (Å²) in [6.45, 7) is 2.23. The van der Waals surface area contributed by atoms with Crippen LogP contribution in [0.4, 0.5) is 0 Å². The van der Waals surface area contributed by atoms with Gasteiger partial charge in [-0.25, -0.2) is 0 Å². The van der Waals surface area contributed by atoms with Gasteiger partial charge in [-0.15, -0.1) is 10.2 Å². The van der Waals surface area contributed by atoms with Crippen molar-refractivity contribution in [2.75, 3.05) is 0 Å². The predicted octanol–water partition coefficient (Wildman–Crippen LogP) is 3.28. The lowest BCUT2D eigenvalue weighted by molar-refractivity contribution is 0.0920. The molecular weight excluding hydrogens is 270 g/mol. The topological polar surface area (TPSA) is 54.9 Å². The number of amides is 1. The molecule has 1 aromatic rings. The van der Waals surface area contributed by atoms with Crippen molar-refractivity contribution in [3.8, 4) is 0 Å². The second-order valence-corrected chi connectivity index (χ2v) is 6.40. The van der Waals surface area contributed by atoms with Crippen LogP contribution < -0.4 is 5.32 Å². The largest absolute Gasteiger partial charge is 0.347 e. The highest BCUT2D eigenvalue weighted by atomic mass is 35.5. The minimum atomic E-state index is -0.140. The molecule has 18 heavy (non-hydrogen) atoms. The standard InChI is InChI=1S/C12H18ClN3OS/c1-2-3-8-4-6-9(7-5-8)14-10(17)11-15-16-12(13)18-11/h8-9H,2-7H2,1H3,(H,14,17). The average Bonchev–Trinajstić information content (AvgIpc) is 2.79. The van der Waals surface area contributed by atoms with E-state index in [4.69, 9.17) is 11.6 Å². The maximum atomic E-state index is 11.9. The zero-order valence-corrected chi connectivity index (χ0v) is 12.1. The van der Waals surface area contributed by atoms with Gasteiger partial charge in [-0.2, -0.15) is 0 Å². The van der Waals surface area contributed by atoms with E-state index >= 15 is 0 Å². The second kappa shape index (κ2) is 6.48. The summed E-state index contributed by atoms with van der Waals surface area (Å²) in [5.41, 5.74) is 0. The highest BCUT2D eigenvalue weighted by molar-refractivity contribution is 7.17. The summed E-state index contributed by atoms with van der Waals surface area (Å²) in [7, 11) is 0. The molecule has 1 fully saturated rings. The van der Waals surface area contributed by atoms with E-state index in [1.54, 1.807) is 0 Å². The maximum absolute atomic E-state index is 11.9. The monoisotopic (exact) mass is 287 g/mol. The van der Waals surface area contributed by atoms with E-state index < -0.39 is 0 Å². The van der Waals surface area contributed by atoms with Gasteiger partial charge in [-0.1, -0.05) is 31.1 Å².